The van der Waals surface area contributed by atoms with Gasteiger partial charge in [0.05, 0.1) is 19.3 Å². The SMILES string of the molecule is COc1cccc2ccc(N3C[C@@H](C)O[C@@H](C)C3)nc12. The average Bonchev–Trinajstić information content (AvgIpc) is 2.45. The lowest BCUT2D eigenvalue weighted by atomic mass is 10.2. The van der Waals surface area contributed by atoms with E-state index in [2.05, 4.69) is 36.9 Å². The summed E-state index contributed by atoms with van der Waals surface area (Å²) >= 11 is 0. The van der Waals surface area contributed by atoms with Crippen LogP contribution in [0.1, 0.15) is 13.8 Å². The van der Waals surface area contributed by atoms with Gasteiger partial charge in [-0.25, -0.2) is 4.98 Å². The minimum absolute atomic E-state index is 0.230. The Balaban J connectivity index is 1.99. The lowest BCUT2D eigenvalue weighted by Crippen LogP contribution is -2.45. The van der Waals surface area contributed by atoms with Gasteiger partial charge < -0.3 is 14.4 Å². The molecule has 4 nitrogen and oxygen atoms in total. The van der Waals surface area contributed by atoms with Crippen molar-refractivity contribution in [1.29, 1.82) is 0 Å². The smallest absolute Gasteiger partial charge is 0.145 e. The van der Waals surface area contributed by atoms with Crippen molar-refractivity contribution in [1.82, 2.24) is 4.98 Å². The molecule has 2 aromatic rings. The molecule has 0 unspecified atom stereocenters. The van der Waals surface area contributed by atoms with Crippen molar-refractivity contribution in [3.8, 4) is 5.75 Å². The first kappa shape index (κ1) is 13.2. The molecule has 106 valence electrons. The second-order valence-electron chi connectivity index (χ2n) is 5.36. The van der Waals surface area contributed by atoms with Gasteiger partial charge in [0.25, 0.3) is 0 Å². The number of rotatable bonds is 2. The van der Waals surface area contributed by atoms with E-state index in [-0.39, 0.29) is 12.2 Å². The Labute approximate surface area is 119 Å². The quantitative estimate of drug-likeness (QED) is 0.842. The number of morpholine rings is 1. The summed E-state index contributed by atoms with van der Waals surface area (Å²) in [5.74, 6) is 1.81. The van der Waals surface area contributed by atoms with E-state index in [1.54, 1.807) is 7.11 Å². The first-order valence-electron chi connectivity index (χ1n) is 7.01. The van der Waals surface area contributed by atoms with E-state index in [1.165, 1.54) is 0 Å². The number of benzene rings is 1. The Morgan fingerprint density at radius 3 is 2.60 bits per heavy atom. The zero-order valence-electron chi connectivity index (χ0n) is 12.2. The minimum Gasteiger partial charge on any atom is -0.494 e. The van der Waals surface area contributed by atoms with Crippen molar-refractivity contribution < 1.29 is 9.47 Å². The van der Waals surface area contributed by atoms with Gasteiger partial charge in [-0.3, -0.25) is 0 Å². The van der Waals surface area contributed by atoms with Crippen LogP contribution in [0, 0.1) is 0 Å². The number of para-hydroxylation sites is 1. The Morgan fingerprint density at radius 1 is 1.15 bits per heavy atom. The van der Waals surface area contributed by atoms with E-state index in [1.807, 2.05) is 12.1 Å². The minimum atomic E-state index is 0.230. The monoisotopic (exact) mass is 272 g/mol. The Morgan fingerprint density at radius 2 is 1.90 bits per heavy atom. The Hall–Kier alpha value is -1.81. The maximum atomic E-state index is 5.78. The van der Waals surface area contributed by atoms with Crippen LogP contribution in [0.3, 0.4) is 0 Å². The number of nitrogens with zero attached hydrogens (tertiary/aromatic N) is 2. The molecule has 2 atom stereocenters. The van der Waals surface area contributed by atoms with Gasteiger partial charge in [0.2, 0.25) is 0 Å². The number of anilines is 1. The molecule has 20 heavy (non-hydrogen) atoms. The molecule has 3 rings (SSSR count). The second kappa shape index (κ2) is 5.29. The molecule has 0 aliphatic carbocycles. The van der Waals surface area contributed by atoms with Gasteiger partial charge in [-0.15, -0.1) is 0 Å². The summed E-state index contributed by atoms with van der Waals surface area (Å²) in [7, 11) is 1.68. The van der Waals surface area contributed by atoms with Gasteiger partial charge in [-0.05, 0) is 32.0 Å². The van der Waals surface area contributed by atoms with E-state index in [0.717, 1.165) is 35.6 Å². The van der Waals surface area contributed by atoms with E-state index in [0.29, 0.717) is 0 Å². The van der Waals surface area contributed by atoms with Gasteiger partial charge in [-0.1, -0.05) is 12.1 Å². The predicted octanol–water partition coefficient (Wildman–Crippen LogP) is 2.86. The van der Waals surface area contributed by atoms with Crippen LogP contribution in [0.2, 0.25) is 0 Å². The third kappa shape index (κ3) is 2.43. The van der Waals surface area contributed by atoms with Crippen molar-refractivity contribution >= 4 is 16.7 Å². The second-order valence-corrected chi connectivity index (χ2v) is 5.36. The van der Waals surface area contributed by atoms with Crippen LogP contribution in [0.25, 0.3) is 10.9 Å². The zero-order chi connectivity index (χ0) is 14.1. The molecule has 0 bridgehead atoms. The molecule has 1 fully saturated rings. The predicted molar refractivity (Wildman–Crippen MR) is 80.5 cm³/mol. The molecular formula is C16H20N2O2. The van der Waals surface area contributed by atoms with Crippen LogP contribution in [-0.4, -0.2) is 37.4 Å². The summed E-state index contributed by atoms with van der Waals surface area (Å²) < 4.78 is 11.2. The Kier molecular flexibility index (Phi) is 3.49. The first-order valence-corrected chi connectivity index (χ1v) is 7.01. The number of hydrogen-bond acceptors (Lipinski definition) is 4. The number of aromatic nitrogens is 1. The number of hydrogen-bond donors (Lipinski definition) is 0. The van der Waals surface area contributed by atoms with Crippen LogP contribution in [0.15, 0.2) is 30.3 Å². The maximum Gasteiger partial charge on any atom is 0.145 e. The molecule has 0 spiro atoms. The molecular weight excluding hydrogens is 252 g/mol. The van der Waals surface area contributed by atoms with Gasteiger partial charge in [0.1, 0.15) is 17.1 Å². The van der Waals surface area contributed by atoms with Crippen LogP contribution in [-0.2, 0) is 4.74 Å². The van der Waals surface area contributed by atoms with E-state index >= 15 is 0 Å². The molecule has 4 heteroatoms. The van der Waals surface area contributed by atoms with Gasteiger partial charge in [0.15, 0.2) is 0 Å². The zero-order valence-corrected chi connectivity index (χ0v) is 12.2. The highest BCUT2D eigenvalue weighted by atomic mass is 16.5. The Bertz CT molecular complexity index is 604. The summed E-state index contributed by atoms with van der Waals surface area (Å²) in [6.45, 7) is 5.95. The molecule has 1 aliphatic rings. The molecule has 2 heterocycles. The van der Waals surface area contributed by atoms with E-state index in [9.17, 15) is 0 Å². The fraction of sp³-hybridized carbons (Fsp3) is 0.438. The van der Waals surface area contributed by atoms with Crippen LogP contribution < -0.4 is 9.64 Å². The molecule has 0 N–H and O–H groups in total. The topological polar surface area (TPSA) is 34.6 Å². The highest BCUT2D eigenvalue weighted by Gasteiger charge is 2.23. The standard InChI is InChI=1S/C16H20N2O2/c1-11-9-18(10-12(2)20-11)15-8-7-13-5-4-6-14(19-3)16(13)17-15/h4-8,11-12H,9-10H2,1-3H3/t11-,12+. The highest BCUT2D eigenvalue weighted by Crippen LogP contribution is 2.27. The molecule has 1 saturated heterocycles. The van der Waals surface area contributed by atoms with Gasteiger partial charge >= 0.3 is 0 Å². The summed E-state index contributed by atoms with van der Waals surface area (Å²) in [4.78, 5) is 7.07. The normalized spacial score (nSPS) is 23.1. The van der Waals surface area contributed by atoms with Crippen molar-refractivity contribution in [2.75, 3.05) is 25.1 Å². The fourth-order valence-electron chi connectivity index (χ4n) is 2.82. The molecule has 1 aromatic heterocycles. The number of ether oxygens (including phenoxy) is 2. The molecule has 0 saturated carbocycles. The molecule has 1 aliphatic heterocycles. The number of fused-ring (bicyclic) bond motifs is 1. The largest absolute Gasteiger partial charge is 0.494 e. The van der Waals surface area contributed by atoms with Crippen molar-refractivity contribution in [2.24, 2.45) is 0 Å². The van der Waals surface area contributed by atoms with E-state index in [4.69, 9.17) is 14.5 Å². The van der Waals surface area contributed by atoms with Crippen LogP contribution in [0.4, 0.5) is 5.82 Å². The first-order chi connectivity index (χ1) is 9.67. The van der Waals surface area contributed by atoms with Gasteiger partial charge in [-0.2, -0.15) is 0 Å². The van der Waals surface area contributed by atoms with Crippen molar-refractivity contribution in [3.05, 3.63) is 30.3 Å². The number of pyridine rings is 1. The lowest BCUT2D eigenvalue weighted by molar-refractivity contribution is -0.00544. The third-order valence-electron chi connectivity index (χ3n) is 3.63. The maximum absolute atomic E-state index is 5.78. The lowest BCUT2D eigenvalue weighted by Gasteiger charge is -2.36. The number of methoxy groups -OCH3 is 1. The van der Waals surface area contributed by atoms with Gasteiger partial charge in [0, 0.05) is 18.5 Å². The summed E-state index contributed by atoms with van der Waals surface area (Å²) in [5, 5.41) is 1.10. The van der Waals surface area contributed by atoms with Crippen molar-refractivity contribution in [3.63, 3.8) is 0 Å². The molecule has 1 aromatic carbocycles. The summed E-state index contributed by atoms with van der Waals surface area (Å²) in [5.41, 5.74) is 0.916. The summed E-state index contributed by atoms with van der Waals surface area (Å²) in [6.07, 6.45) is 0.461. The third-order valence-corrected chi connectivity index (χ3v) is 3.63. The van der Waals surface area contributed by atoms with Crippen LogP contribution in [0.5, 0.6) is 5.75 Å². The average molecular weight is 272 g/mol. The summed E-state index contributed by atoms with van der Waals surface area (Å²) in [6, 6.07) is 10.2. The molecule has 0 radical (unpaired) electrons. The van der Waals surface area contributed by atoms with Crippen LogP contribution >= 0.6 is 0 Å². The fourth-order valence-corrected chi connectivity index (χ4v) is 2.82. The highest BCUT2D eigenvalue weighted by molar-refractivity contribution is 5.85. The van der Waals surface area contributed by atoms with Crippen molar-refractivity contribution in [2.45, 2.75) is 26.1 Å². The van der Waals surface area contributed by atoms with E-state index < -0.39 is 0 Å². The molecule has 0 amide bonds.